The van der Waals surface area contributed by atoms with E-state index in [-0.39, 0.29) is 23.2 Å². The number of rotatable bonds is 3. The van der Waals surface area contributed by atoms with Crippen LogP contribution in [-0.4, -0.2) is 57.1 Å². The van der Waals surface area contributed by atoms with Crippen molar-refractivity contribution in [1.29, 1.82) is 0 Å². The first kappa shape index (κ1) is 19.5. The Balaban J connectivity index is 2.98. The minimum Gasteiger partial charge on any atom is -0.459 e. The van der Waals surface area contributed by atoms with Gasteiger partial charge >= 0.3 is 12.0 Å². The van der Waals surface area contributed by atoms with Crippen molar-refractivity contribution in [2.45, 2.75) is 57.7 Å². The maximum atomic E-state index is 12.2. The van der Waals surface area contributed by atoms with Gasteiger partial charge in [0, 0.05) is 19.5 Å². The Morgan fingerprint density at radius 2 is 1.74 bits per heavy atom. The molecule has 1 aromatic rings. The molecule has 0 unspecified atom stereocenters. The number of amides is 1. The molecular weight excluding hydrogens is 316 g/mol. The van der Waals surface area contributed by atoms with Gasteiger partial charge in [0.15, 0.2) is 11.0 Å². The summed E-state index contributed by atoms with van der Waals surface area (Å²) in [6.45, 7) is 11.3. The Kier molecular flexibility index (Phi) is 5.84. The molecule has 0 bridgehead atoms. The van der Waals surface area contributed by atoms with Gasteiger partial charge in [-0.2, -0.15) is 4.68 Å². The molecule has 0 fully saturated rings. The number of carbonyl (C=O) groups is 2. The molecule has 0 spiro atoms. The van der Waals surface area contributed by atoms with Crippen molar-refractivity contribution in [1.82, 2.24) is 19.7 Å². The number of nitrogens with zero attached hydrogens (tertiary/aromatic N) is 4. The van der Waals surface area contributed by atoms with Gasteiger partial charge in [-0.15, -0.1) is 5.10 Å². The fraction of sp³-hybridized carbons (Fsp3) is 0.733. The second-order valence-corrected chi connectivity index (χ2v) is 8.37. The molecule has 0 aliphatic rings. The first-order chi connectivity index (χ1) is 10.3. The van der Waals surface area contributed by atoms with Crippen molar-refractivity contribution in [3.63, 3.8) is 0 Å². The summed E-state index contributed by atoms with van der Waals surface area (Å²) >= 11 is 1.15. The molecule has 23 heavy (non-hydrogen) atoms. The lowest BCUT2D eigenvalue weighted by molar-refractivity contribution is -0.151. The number of aromatic nitrogens is 3. The molecule has 0 saturated carbocycles. The van der Waals surface area contributed by atoms with Crippen LogP contribution < -0.4 is 0 Å². The average molecular weight is 342 g/mol. The molecule has 0 radical (unpaired) electrons. The van der Waals surface area contributed by atoms with Crippen molar-refractivity contribution >= 4 is 23.8 Å². The number of ether oxygens (including phenoxy) is 1. The first-order valence-corrected chi connectivity index (χ1v) is 8.33. The van der Waals surface area contributed by atoms with Gasteiger partial charge in [-0.25, -0.2) is 9.78 Å². The molecule has 0 atom stereocenters. The van der Waals surface area contributed by atoms with Crippen LogP contribution in [0.3, 0.4) is 0 Å². The molecule has 1 heterocycles. The smallest absolute Gasteiger partial charge is 0.346 e. The van der Waals surface area contributed by atoms with E-state index in [4.69, 9.17) is 4.74 Å². The molecular formula is C15H26N4O3S. The summed E-state index contributed by atoms with van der Waals surface area (Å²) in [5.41, 5.74) is -0.833. The zero-order chi connectivity index (χ0) is 18.0. The largest absolute Gasteiger partial charge is 0.459 e. The van der Waals surface area contributed by atoms with E-state index in [1.165, 1.54) is 9.58 Å². The van der Waals surface area contributed by atoms with Crippen LogP contribution in [0.15, 0.2) is 5.16 Å². The van der Waals surface area contributed by atoms with Crippen molar-refractivity contribution in [3.8, 4) is 0 Å². The quantitative estimate of drug-likeness (QED) is 0.620. The zero-order valence-electron chi connectivity index (χ0n) is 15.1. The fourth-order valence-electron chi connectivity index (χ4n) is 1.52. The van der Waals surface area contributed by atoms with Crippen LogP contribution in [0.2, 0.25) is 0 Å². The monoisotopic (exact) mass is 342 g/mol. The predicted molar refractivity (Wildman–Crippen MR) is 89.8 cm³/mol. The molecule has 0 aromatic carbocycles. The molecule has 7 nitrogen and oxygen atoms in total. The molecule has 0 aliphatic carbocycles. The highest BCUT2D eigenvalue weighted by molar-refractivity contribution is 7.99. The summed E-state index contributed by atoms with van der Waals surface area (Å²) in [5.74, 6) is 0.270. The van der Waals surface area contributed by atoms with Crippen LogP contribution in [0.25, 0.3) is 0 Å². The van der Waals surface area contributed by atoms with Gasteiger partial charge in [0.1, 0.15) is 5.60 Å². The number of hydrogen-bond acceptors (Lipinski definition) is 6. The highest BCUT2D eigenvalue weighted by Gasteiger charge is 2.26. The topological polar surface area (TPSA) is 77.3 Å². The van der Waals surface area contributed by atoms with Crippen molar-refractivity contribution < 1.29 is 14.3 Å². The van der Waals surface area contributed by atoms with E-state index in [1.54, 1.807) is 14.1 Å². The summed E-state index contributed by atoms with van der Waals surface area (Å²) in [6, 6.07) is -0.306. The maximum Gasteiger partial charge on any atom is 0.346 e. The second-order valence-electron chi connectivity index (χ2n) is 7.43. The lowest BCUT2D eigenvalue weighted by Crippen LogP contribution is -2.29. The second kappa shape index (κ2) is 6.90. The van der Waals surface area contributed by atoms with E-state index in [0.29, 0.717) is 11.0 Å². The standard InChI is InChI=1S/C15H26N4O3S/c1-14(2,3)11-16-12(19(17-11)13(21)18(7)8)23-9-10(20)22-15(4,5)6/h9H2,1-8H3. The van der Waals surface area contributed by atoms with Crippen molar-refractivity contribution in [2.24, 2.45) is 0 Å². The maximum absolute atomic E-state index is 12.2. The summed E-state index contributed by atoms with van der Waals surface area (Å²) in [6.07, 6.45) is 0. The van der Waals surface area contributed by atoms with Gasteiger partial charge < -0.3 is 9.64 Å². The third kappa shape index (κ3) is 5.85. The number of esters is 1. The molecule has 130 valence electrons. The van der Waals surface area contributed by atoms with Gasteiger partial charge in [-0.1, -0.05) is 32.5 Å². The molecule has 8 heteroatoms. The van der Waals surface area contributed by atoms with E-state index in [2.05, 4.69) is 10.1 Å². The lowest BCUT2D eigenvalue weighted by atomic mass is 9.96. The normalized spacial score (nSPS) is 12.2. The third-order valence-electron chi connectivity index (χ3n) is 2.55. The molecule has 1 aromatic heterocycles. The summed E-state index contributed by atoms with van der Waals surface area (Å²) in [4.78, 5) is 29.9. The van der Waals surface area contributed by atoms with Crippen LogP contribution in [0, 0.1) is 0 Å². The molecule has 0 saturated heterocycles. The van der Waals surface area contributed by atoms with Gasteiger partial charge in [-0.3, -0.25) is 4.79 Å². The Morgan fingerprint density at radius 1 is 1.17 bits per heavy atom. The molecule has 1 rings (SSSR count). The first-order valence-electron chi connectivity index (χ1n) is 7.35. The summed E-state index contributed by atoms with van der Waals surface area (Å²) in [5, 5.41) is 4.68. The SMILES string of the molecule is CN(C)C(=O)n1nc(C(C)(C)C)nc1SCC(=O)OC(C)(C)C. The number of hydrogen-bond donors (Lipinski definition) is 0. The predicted octanol–water partition coefficient (Wildman–Crippen LogP) is 2.54. The molecule has 0 N–H and O–H groups in total. The minimum absolute atomic E-state index is 0.0697. The zero-order valence-corrected chi connectivity index (χ0v) is 15.9. The summed E-state index contributed by atoms with van der Waals surface area (Å²) < 4.78 is 6.50. The van der Waals surface area contributed by atoms with E-state index in [9.17, 15) is 9.59 Å². The number of thioether (sulfide) groups is 1. The number of carbonyl (C=O) groups excluding carboxylic acids is 2. The van der Waals surface area contributed by atoms with Crippen molar-refractivity contribution in [2.75, 3.05) is 19.8 Å². The lowest BCUT2D eigenvalue weighted by Gasteiger charge is -2.19. The van der Waals surface area contributed by atoms with Crippen LogP contribution in [0.1, 0.15) is 47.4 Å². The van der Waals surface area contributed by atoms with Crippen LogP contribution in [0.5, 0.6) is 0 Å². The molecule has 1 amide bonds. The van der Waals surface area contributed by atoms with Gasteiger partial charge in [0.05, 0.1) is 5.75 Å². The highest BCUT2D eigenvalue weighted by atomic mass is 32.2. The minimum atomic E-state index is -0.540. The highest BCUT2D eigenvalue weighted by Crippen LogP contribution is 2.24. The average Bonchev–Trinajstić information content (AvgIpc) is 2.77. The van der Waals surface area contributed by atoms with Crippen LogP contribution in [-0.2, 0) is 14.9 Å². The van der Waals surface area contributed by atoms with E-state index in [0.717, 1.165) is 11.8 Å². The van der Waals surface area contributed by atoms with Crippen LogP contribution >= 0.6 is 11.8 Å². The van der Waals surface area contributed by atoms with Gasteiger partial charge in [0.2, 0.25) is 0 Å². The Hall–Kier alpha value is -1.57. The van der Waals surface area contributed by atoms with Gasteiger partial charge in [-0.05, 0) is 20.8 Å². The summed E-state index contributed by atoms with van der Waals surface area (Å²) in [7, 11) is 3.28. The van der Waals surface area contributed by atoms with Crippen LogP contribution in [0.4, 0.5) is 4.79 Å². The van der Waals surface area contributed by atoms with Gasteiger partial charge in [0.25, 0.3) is 0 Å². The molecule has 0 aliphatic heterocycles. The van der Waals surface area contributed by atoms with E-state index >= 15 is 0 Å². The Morgan fingerprint density at radius 3 is 2.17 bits per heavy atom. The van der Waals surface area contributed by atoms with E-state index < -0.39 is 5.60 Å². The third-order valence-corrected chi connectivity index (χ3v) is 3.45. The Labute approximate surface area is 141 Å². The fourth-order valence-corrected chi connectivity index (χ4v) is 2.22. The van der Waals surface area contributed by atoms with E-state index in [1.807, 2.05) is 41.5 Å². The Bertz CT molecular complexity index is 583. The van der Waals surface area contributed by atoms with Crippen molar-refractivity contribution in [3.05, 3.63) is 5.82 Å².